The molecule has 1 aliphatic carbocycles. The SMILES string of the molecule is COC(=O)c1ncn2c1C(=O)N(Cc1ccc(Cl)cc1)[C@@](C)(C(=O)NC1CCCC1)C2. The number of hydrogen-bond acceptors (Lipinski definition) is 5. The smallest absolute Gasteiger partial charge is 0.359 e. The van der Waals surface area contributed by atoms with E-state index < -0.39 is 17.4 Å². The van der Waals surface area contributed by atoms with Gasteiger partial charge in [-0.3, -0.25) is 9.59 Å². The second-order valence-electron chi connectivity index (χ2n) is 8.31. The van der Waals surface area contributed by atoms with Gasteiger partial charge in [-0.15, -0.1) is 0 Å². The highest BCUT2D eigenvalue weighted by Crippen LogP contribution is 2.31. The number of carbonyl (C=O) groups excluding carboxylic acids is 3. The Morgan fingerprint density at radius 3 is 2.58 bits per heavy atom. The zero-order valence-electron chi connectivity index (χ0n) is 17.6. The minimum atomic E-state index is -1.15. The van der Waals surface area contributed by atoms with Gasteiger partial charge in [0.2, 0.25) is 5.91 Å². The van der Waals surface area contributed by atoms with Crippen LogP contribution >= 0.6 is 11.6 Å². The molecule has 2 aliphatic rings. The topological polar surface area (TPSA) is 93.5 Å². The Kier molecular flexibility index (Phi) is 5.75. The number of fused-ring (bicyclic) bond motifs is 1. The molecule has 0 unspecified atom stereocenters. The fourth-order valence-electron chi connectivity index (χ4n) is 4.37. The molecule has 1 atom stereocenters. The van der Waals surface area contributed by atoms with Crippen LogP contribution in [-0.2, 0) is 22.6 Å². The second-order valence-corrected chi connectivity index (χ2v) is 8.74. The van der Waals surface area contributed by atoms with E-state index in [1.807, 2.05) is 12.1 Å². The Bertz CT molecular complexity index is 1010. The lowest BCUT2D eigenvalue weighted by Gasteiger charge is -2.44. The second kappa shape index (κ2) is 8.34. The molecule has 8 nitrogen and oxygen atoms in total. The predicted molar refractivity (Wildman–Crippen MR) is 114 cm³/mol. The number of rotatable bonds is 5. The van der Waals surface area contributed by atoms with Crippen LogP contribution in [0.1, 0.15) is 59.1 Å². The van der Waals surface area contributed by atoms with Crippen LogP contribution in [0.5, 0.6) is 0 Å². The van der Waals surface area contributed by atoms with E-state index in [-0.39, 0.29) is 36.4 Å². The van der Waals surface area contributed by atoms with Crippen LogP contribution in [0.2, 0.25) is 5.02 Å². The van der Waals surface area contributed by atoms with E-state index >= 15 is 0 Å². The van der Waals surface area contributed by atoms with Crippen LogP contribution < -0.4 is 5.32 Å². The van der Waals surface area contributed by atoms with Crippen molar-refractivity contribution in [3.05, 3.63) is 52.6 Å². The van der Waals surface area contributed by atoms with E-state index in [2.05, 4.69) is 10.3 Å². The van der Waals surface area contributed by atoms with Gasteiger partial charge in [0.1, 0.15) is 11.2 Å². The van der Waals surface area contributed by atoms with Gasteiger partial charge in [-0.1, -0.05) is 36.6 Å². The summed E-state index contributed by atoms with van der Waals surface area (Å²) in [5.41, 5.74) is -0.246. The summed E-state index contributed by atoms with van der Waals surface area (Å²) >= 11 is 6.00. The molecule has 2 heterocycles. The molecule has 1 aliphatic heterocycles. The molecule has 31 heavy (non-hydrogen) atoms. The molecular weight excluding hydrogens is 420 g/mol. The molecule has 1 saturated carbocycles. The minimum absolute atomic E-state index is 0.0492. The zero-order valence-corrected chi connectivity index (χ0v) is 18.3. The number of esters is 1. The first-order valence-electron chi connectivity index (χ1n) is 10.3. The van der Waals surface area contributed by atoms with E-state index in [4.69, 9.17) is 16.3 Å². The van der Waals surface area contributed by atoms with Crippen molar-refractivity contribution in [2.45, 2.75) is 57.3 Å². The van der Waals surface area contributed by atoms with Crippen LogP contribution in [0.3, 0.4) is 0 Å². The first-order chi connectivity index (χ1) is 14.8. The molecule has 0 radical (unpaired) electrons. The number of methoxy groups -OCH3 is 1. The minimum Gasteiger partial charge on any atom is -0.464 e. The van der Waals surface area contributed by atoms with Crippen molar-refractivity contribution in [3.63, 3.8) is 0 Å². The Hall–Kier alpha value is -2.87. The lowest BCUT2D eigenvalue weighted by Crippen LogP contribution is -2.64. The molecule has 2 aromatic rings. The Morgan fingerprint density at radius 1 is 1.26 bits per heavy atom. The van der Waals surface area contributed by atoms with Gasteiger partial charge in [-0.05, 0) is 37.5 Å². The largest absolute Gasteiger partial charge is 0.464 e. The molecule has 0 spiro atoms. The molecule has 9 heteroatoms. The average molecular weight is 445 g/mol. The molecule has 4 rings (SSSR count). The predicted octanol–water partition coefficient (Wildman–Crippen LogP) is 2.80. The fourth-order valence-corrected chi connectivity index (χ4v) is 4.49. The molecular formula is C22H25ClN4O4. The third-order valence-corrected chi connectivity index (χ3v) is 6.42. The van der Waals surface area contributed by atoms with Crippen molar-refractivity contribution in [1.29, 1.82) is 0 Å². The number of carbonyl (C=O) groups is 3. The summed E-state index contributed by atoms with van der Waals surface area (Å²) in [7, 11) is 1.24. The van der Waals surface area contributed by atoms with Gasteiger partial charge in [0.15, 0.2) is 5.69 Å². The van der Waals surface area contributed by atoms with Gasteiger partial charge in [-0.2, -0.15) is 0 Å². The molecule has 1 aromatic carbocycles. The van der Waals surface area contributed by atoms with Crippen molar-refractivity contribution in [2.75, 3.05) is 7.11 Å². The normalized spacial score (nSPS) is 21.1. The summed E-state index contributed by atoms with van der Waals surface area (Å²) in [5, 5.41) is 3.71. The maximum absolute atomic E-state index is 13.6. The molecule has 164 valence electrons. The number of nitrogens with zero attached hydrogens (tertiary/aromatic N) is 3. The summed E-state index contributed by atoms with van der Waals surface area (Å²) in [4.78, 5) is 44.8. The van der Waals surface area contributed by atoms with E-state index in [9.17, 15) is 14.4 Å². The van der Waals surface area contributed by atoms with Gasteiger partial charge < -0.3 is 19.5 Å². The van der Waals surface area contributed by atoms with Crippen LogP contribution in [-0.4, -0.2) is 50.9 Å². The number of hydrogen-bond donors (Lipinski definition) is 1. The van der Waals surface area contributed by atoms with E-state index in [1.165, 1.54) is 18.3 Å². The fraction of sp³-hybridized carbons (Fsp3) is 0.455. The quantitative estimate of drug-likeness (QED) is 0.716. The number of amides is 2. The van der Waals surface area contributed by atoms with Crippen molar-refractivity contribution < 1.29 is 19.1 Å². The molecule has 0 saturated heterocycles. The lowest BCUT2D eigenvalue weighted by atomic mass is 9.93. The third kappa shape index (κ3) is 3.92. The molecule has 1 fully saturated rings. The summed E-state index contributed by atoms with van der Waals surface area (Å²) in [6, 6.07) is 7.24. The Balaban J connectivity index is 1.72. The standard InChI is InChI=1S/C22H25ClN4O4/c1-22(21(30)25-16-5-3-4-6-16)12-26-13-24-17(20(29)31-2)18(26)19(28)27(22)11-14-7-9-15(23)10-8-14/h7-10,13,16H,3-6,11-12H2,1-2H3,(H,25,30)/t22-/m1/s1. The highest BCUT2D eigenvalue weighted by atomic mass is 35.5. The number of imidazole rings is 1. The monoisotopic (exact) mass is 444 g/mol. The van der Waals surface area contributed by atoms with Gasteiger partial charge in [0, 0.05) is 17.6 Å². The number of halogens is 1. The van der Waals surface area contributed by atoms with Crippen molar-refractivity contribution in [2.24, 2.45) is 0 Å². The Morgan fingerprint density at radius 2 is 1.94 bits per heavy atom. The summed E-state index contributed by atoms with van der Waals surface area (Å²) < 4.78 is 6.35. The van der Waals surface area contributed by atoms with Crippen LogP contribution in [0.4, 0.5) is 0 Å². The summed E-state index contributed by atoms with van der Waals surface area (Å²) in [6.07, 6.45) is 5.47. The zero-order chi connectivity index (χ0) is 22.2. The molecule has 1 N–H and O–H groups in total. The Labute approximate surface area is 185 Å². The van der Waals surface area contributed by atoms with E-state index in [0.29, 0.717) is 5.02 Å². The van der Waals surface area contributed by atoms with Gasteiger partial charge >= 0.3 is 5.97 Å². The van der Waals surface area contributed by atoms with Gasteiger partial charge in [0.25, 0.3) is 5.91 Å². The molecule has 2 amide bonds. The lowest BCUT2D eigenvalue weighted by molar-refractivity contribution is -0.134. The van der Waals surface area contributed by atoms with Crippen molar-refractivity contribution >= 4 is 29.4 Å². The number of benzene rings is 1. The number of nitrogens with one attached hydrogen (secondary N) is 1. The molecule has 0 bridgehead atoms. The average Bonchev–Trinajstić information content (AvgIpc) is 3.41. The molecule has 1 aromatic heterocycles. The maximum Gasteiger partial charge on any atom is 0.359 e. The highest BCUT2D eigenvalue weighted by Gasteiger charge is 2.49. The van der Waals surface area contributed by atoms with Gasteiger partial charge in [-0.25, -0.2) is 9.78 Å². The first-order valence-corrected chi connectivity index (χ1v) is 10.7. The third-order valence-electron chi connectivity index (χ3n) is 6.17. The maximum atomic E-state index is 13.6. The van der Waals surface area contributed by atoms with Crippen molar-refractivity contribution in [1.82, 2.24) is 19.8 Å². The van der Waals surface area contributed by atoms with E-state index in [0.717, 1.165) is 31.2 Å². The van der Waals surface area contributed by atoms with Crippen molar-refractivity contribution in [3.8, 4) is 0 Å². The summed E-state index contributed by atoms with van der Waals surface area (Å²) in [5.74, 6) is -1.34. The van der Waals surface area contributed by atoms with Crippen LogP contribution in [0, 0.1) is 0 Å². The van der Waals surface area contributed by atoms with Crippen LogP contribution in [0.15, 0.2) is 30.6 Å². The van der Waals surface area contributed by atoms with Crippen LogP contribution in [0.25, 0.3) is 0 Å². The number of aromatic nitrogens is 2. The highest BCUT2D eigenvalue weighted by molar-refractivity contribution is 6.30. The first kappa shape index (κ1) is 21.4. The van der Waals surface area contributed by atoms with E-state index in [1.54, 1.807) is 23.6 Å². The number of ether oxygens (including phenoxy) is 1. The van der Waals surface area contributed by atoms with Gasteiger partial charge in [0.05, 0.1) is 20.0 Å². The summed E-state index contributed by atoms with van der Waals surface area (Å²) in [6.45, 7) is 2.13.